The molecule has 0 saturated carbocycles. The number of hydrogen-bond donors (Lipinski definition) is 13. The van der Waals surface area contributed by atoms with E-state index in [-0.39, 0.29) is 49.0 Å². The second kappa shape index (κ2) is 31.0. The molecule has 2 aliphatic rings. The molecule has 1 unspecified atom stereocenters. The summed E-state index contributed by atoms with van der Waals surface area (Å²) in [7, 11) is 2.05. The number of benzene rings is 1. The Morgan fingerprint density at radius 2 is 1.36 bits per heavy atom. The number of aromatic hydroxyl groups is 1. The number of phenolic OH excluding ortho intramolecular Hbond substituents is 1. The highest BCUT2D eigenvalue weighted by molar-refractivity contribution is 8.76. The number of nitrogens with zero attached hydrogens (tertiary/aromatic N) is 1. The molecule has 0 aliphatic carbocycles. The number of aliphatic carboxylic acids is 1. The zero-order chi connectivity index (χ0) is 55.1. The predicted molar refractivity (Wildman–Crippen MR) is 268 cm³/mol. The maximum Gasteiger partial charge on any atom is 0.300 e. The van der Waals surface area contributed by atoms with Crippen LogP contribution in [-0.4, -0.2) is 159 Å². The Kier molecular flexibility index (Phi) is 26.5. The van der Waals surface area contributed by atoms with Crippen LogP contribution in [0, 0.1) is 11.8 Å². The average molecular weight is 1070 g/mol. The third kappa shape index (κ3) is 22.3. The molecule has 1 aromatic rings. The molecule has 3 rings (SSSR count). The SMILES string of the molecule is CC(=O)O.CC[C@H](C)C1NC(=O)[C@H](Cc2ccc(O)cc2)NC(=O)[C@@H](N)CSSC[C@@H](C(=O)N2CCC[C@H]2C(=O)N[C@@H](CC(C)C)C(=O)NCC(N)=O)NC(=O)[C@H](CC(N)=O)NC(=O)[C@H](CCC(N)=O)NC1=O. The Balaban J connectivity index is 0.00000439. The number of carbonyl (C=O) groups is 12. The van der Waals surface area contributed by atoms with Crippen LogP contribution in [0.1, 0.15) is 85.1 Å². The third-order valence-corrected chi connectivity index (χ3v) is 13.7. The van der Waals surface area contributed by atoms with Crippen molar-refractivity contribution < 1.29 is 67.7 Å². The van der Waals surface area contributed by atoms with Gasteiger partial charge in [0, 0.05) is 37.8 Å². The van der Waals surface area contributed by atoms with Crippen LogP contribution >= 0.6 is 21.6 Å². The Bertz CT molecular complexity index is 2150. The molecule has 1 aromatic carbocycles. The van der Waals surface area contributed by atoms with E-state index in [1.807, 2.05) is 13.8 Å². The first-order valence-corrected chi connectivity index (χ1v) is 26.0. The fourth-order valence-electron chi connectivity index (χ4n) is 7.34. The molecule has 0 aromatic heterocycles. The van der Waals surface area contributed by atoms with E-state index >= 15 is 0 Å². The molecule has 406 valence electrons. The molecule has 28 heteroatoms. The molecule has 0 spiro atoms. The molecule has 2 fully saturated rings. The molecule has 2 heterocycles. The highest BCUT2D eigenvalue weighted by atomic mass is 33.1. The molecular weight excluding hydrogens is 997 g/mol. The highest BCUT2D eigenvalue weighted by Gasteiger charge is 2.41. The number of nitrogens with two attached hydrogens (primary N) is 4. The molecule has 0 radical (unpaired) electrons. The number of carbonyl (C=O) groups excluding carboxylic acids is 11. The van der Waals surface area contributed by atoms with Crippen LogP contribution in [0.5, 0.6) is 5.75 Å². The summed E-state index contributed by atoms with van der Waals surface area (Å²) in [6.07, 6.45) is -0.694. The smallest absolute Gasteiger partial charge is 0.300 e. The van der Waals surface area contributed by atoms with E-state index in [0.29, 0.717) is 18.4 Å². The Morgan fingerprint density at radius 3 is 1.93 bits per heavy atom. The first-order chi connectivity index (χ1) is 34.2. The van der Waals surface area contributed by atoms with Crippen LogP contribution in [0.4, 0.5) is 0 Å². The molecule has 9 atom stereocenters. The second-order valence-electron chi connectivity index (χ2n) is 17.9. The largest absolute Gasteiger partial charge is 0.508 e. The predicted octanol–water partition coefficient (Wildman–Crippen LogP) is -3.52. The van der Waals surface area contributed by atoms with E-state index in [2.05, 4.69) is 37.2 Å². The number of primary amides is 3. The van der Waals surface area contributed by atoms with Crippen molar-refractivity contribution in [3.8, 4) is 5.75 Å². The molecule has 0 bridgehead atoms. The van der Waals surface area contributed by atoms with Crippen molar-refractivity contribution in [1.82, 2.24) is 42.1 Å². The minimum Gasteiger partial charge on any atom is -0.508 e. The maximum absolute atomic E-state index is 14.5. The van der Waals surface area contributed by atoms with Crippen molar-refractivity contribution >= 4 is 92.5 Å². The van der Waals surface area contributed by atoms with Gasteiger partial charge in [-0.05, 0) is 55.2 Å². The average Bonchev–Trinajstić information content (AvgIpc) is 3.81. The van der Waals surface area contributed by atoms with Gasteiger partial charge in [0.25, 0.3) is 5.97 Å². The van der Waals surface area contributed by atoms with Crippen molar-refractivity contribution in [2.45, 2.75) is 134 Å². The van der Waals surface area contributed by atoms with Crippen molar-refractivity contribution in [3.05, 3.63) is 29.8 Å². The summed E-state index contributed by atoms with van der Waals surface area (Å²) in [6.45, 7) is 7.69. The summed E-state index contributed by atoms with van der Waals surface area (Å²) in [6, 6.07) is -5.05. The Hall–Kier alpha value is -6.68. The monoisotopic (exact) mass is 1070 g/mol. The van der Waals surface area contributed by atoms with Crippen LogP contribution in [0.25, 0.3) is 0 Å². The Morgan fingerprint density at radius 1 is 0.781 bits per heavy atom. The number of carboxylic acid groups (broad SMARTS) is 1. The van der Waals surface area contributed by atoms with Crippen LogP contribution in [0.2, 0.25) is 0 Å². The molecule has 73 heavy (non-hydrogen) atoms. The Labute approximate surface area is 430 Å². The molecule has 11 amide bonds. The van der Waals surface area contributed by atoms with Gasteiger partial charge in [-0.1, -0.05) is 67.8 Å². The van der Waals surface area contributed by atoms with Gasteiger partial charge in [-0.15, -0.1) is 0 Å². The number of carboxylic acids is 1. The second-order valence-corrected chi connectivity index (χ2v) is 20.5. The molecule has 17 N–H and O–H groups in total. The van der Waals surface area contributed by atoms with Gasteiger partial charge in [-0.3, -0.25) is 57.5 Å². The zero-order valence-corrected chi connectivity index (χ0v) is 43.1. The van der Waals surface area contributed by atoms with Gasteiger partial charge in [0.2, 0.25) is 65.0 Å². The number of hydrogen-bond acceptors (Lipinski definition) is 16. The van der Waals surface area contributed by atoms with E-state index < -0.39 is 151 Å². The van der Waals surface area contributed by atoms with E-state index in [0.717, 1.165) is 28.5 Å². The molecule has 26 nitrogen and oxygen atoms in total. The van der Waals surface area contributed by atoms with Gasteiger partial charge >= 0.3 is 0 Å². The quantitative estimate of drug-likeness (QED) is 0.0673. The van der Waals surface area contributed by atoms with Crippen LogP contribution in [0.3, 0.4) is 0 Å². The van der Waals surface area contributed by atoms with Crippen LogP contribution in [0.15, 0.2) is 24.3 Å². The minimum atomic E-state index is -1.75. The lowest BCUT2D eigenvalue weighted by Gasteiger charge is -2.31. The fourth-order valence-corrected chi connectivity index (χ4v) is 9.62. The summed E-state index contributed by atoms with van der Waals surface area (Å²) in [5.41, 5.74) is 22.9. The first-order valence-electron chi connectivity index (χ1n) is 23.5. The number of likely N-dealkylation sites (tertiary alicyclic amines) is 1. The highest BCUT2D eigenvalue weighted by Crippen LogP contribution is 2.26. The van der Waals surface area contributed by atoms with Crippen molar-refractivity contribution in [3.63, 3.8) is 0 Å². The van der Waals surface area contributed by atoms with Gasteiger partial charge in [0.15, 0.2) is 0 Å². The molecule has 2 saturated heterocycles. The van der Waals surface area contributed by atoms with Crippen LogP contribution < -0.4 is 60.2 Å². The third-order valence-electron chi connectivity index (χ3n) is 11.3. The van der Waals surface area contributed by atoms with Crippen molar-refractivity contribution in [1.29, 1.82) is 0 Å². The molecule has 2 aliphatic heterocycles. The maximum atomic E-state index is 14.5. The number of amides is 11. The van der Waals surface area contributed by atoms with Gasteiger partial charge in [0.1, 0.15) is 48.0 Å². The summed E-state index contributed by atoms with van der Waals surface area (Å²) in [5.74, 6) is -11.2. The topological polar surface area (TPSA) is 437 Å². The van der Waals surface area contributed by atoms with Gasteiger partial charge in [-0.25, -0.2) is 0 Å². The van der Waals surface area contributed by atoms with Gasteiger partial charge in [0.05, 0.1) is 19.0 Å². The number of rotatable bonds is 17. The van der Waals surface area contributed by atoms with E-state index in [9.17, 15) is 57.8 Å². The standard InChI is InChI=1S/C43H66N12O12S2.C2H4O2/c1-5-22(4)35-42(66)49-26(12-13-32(45)57)38(62)51-29(17-33(46)58)39(63)53-30(20-69-68-19-25(44)36(60)50-28(40(64)54-35)16-23-8-10-24(56)11-9-23)43(67)55-14-6-7-31(55)41(65)52-27(15-21(2)3)37(61)48-18-34(47)59;1-2(3)4/h8-11,21-22,25-31,35,56H,5-7,12-20,44H2,1-4H3,(H2,45,57)(H2,46,58)(H2,47,59)(H,48,61)(H,49,66)(H,50,60)(H,51,62)(H,52,65)(H,53,63)(H,54,64);1H3,(H,3,4)/t22-,25-,26-,27-,28-,29-,30-,31-,35?;/m0./s1. The lowest BCUT2D eigenvalue weighted by molar-refractivity contribution is -0.142. The van der Waals surface area contributed by atoms with Crippen molar-refractivity contribution in [2.24, 2.45) is 34.8 Å². The van der Waals surface area contributed by atoms with Crippen molar-refractivity contribution in [2.75, 3.05) is 24.6 Å². The summed E-state index contributed by atoms with van der Waals surface area (Å²) in [5, 5.41) is 35.1. The summed E-state index contributed by atoms with van der Waals surface area (Å²) < 4.78 is 0. The lowest BCUT2D eigenvalue weighted by Crippen LogP contribution is -2.61. The normalized spacial score (nSPS) is 23.3. The summed E-state index contributed by atoms with van der Waals surface area (Å²) in [4.78, 5) is 157. The number of nitrogens with one attached hydrogen (secondary N) is 7. The zero-order valence-electron chi connectivity index (χ0n) is 41.4. The van der Waals surface area contributed by atoms with Gasteiger partial charge in [-0.2, -0.15) is 0 Å². The van der Waals surface area contributed by atoms with E-state index in [1.165, 1.54) is 29.2 Å². The summed E-state index contributed by atoms with van der Waals surface area (Å²) >= 11 is 0. The van der Waals surface area contributed by atoms with E-state index in [1.54, 1.807) is 13.8 Å². The van der Waals surface area contributed by atoms with Crippen LogP contribution in [-0.2, 0) is 64.0 Å². The molecular formula is C45H70N12O14S2. The number of phenols is 1. The minimum absolute atomic E-state index is 0.0468. The lowest BCUT2D eigenvalue weighted by atomic mass is 9.96. The fraction of sp³-hybridized carbons (Fsp3) is 0.600. The van der Waals surface area contributed by atoms with E-state index in [4.69, 9.17) is 32.8 Å². The van der Waals surface area contributed by atoms with Gasteiger partial charge < -0.3 is 75.3 Å². The first kappa shape index (κ1) is 62.4.